The Morgan fingerprint density at radius 3 is 2.14 bits per heavy atom. The van der Waals surface area contributed by atoms with Crippen LogP contribution >= 0.6 is 15.9 Å². The number of nitrogens with one attached hydrogen (secondary N) is 1. The topological polar surface area (TPSA) is 67.9 Å². The van der Waals surface area contributed by atoms with E-state index in [9.17, 15) is 9.59 Å². The lowest BCUT2D eigenvalue weighted by Crippen LogP contribution is -2.51. The summed E-state index contributed by atoms with van der Waals surface area (Å²) in [5, 5.41) is 3.02. The largest absolute Gasteiger partial charge is 0.493 e. The summed E-state index contributed by atoms with van der Waals surface area (Å²) >= 11 is 3.47. The number of halogens is 1. The SMILES string of the molecule is COc1ccc(CCC(=O)N(Cc2ccc(Br)cc2)[C@@H](Cc2ccccc2)C(=O)NC(C)C)cc1OC. The Hall–Kier alpha value is -3.32. The lowest BCUT2D eigenvalue weighted by molar-refractivity contribution is -0.141. The number of hydrogen-bond donors (Lipinski definition) is 1. The van der Waals surface area contributed by atoms with Gasteiger partial charge in [-0.2, -0.15) is 0 Å². The first kappa shape index (κ1) is 28.3. The quantitative estimate of drug-likeness (QED) is 0.311. The number of methoxy groups -OCH3 is 2. The molecule has 1 atom stereocenters. The minimum Gasteiger partial charge on any atom is -0.493 e. The third kappa shape index (κ3) is 8.35. The Labute approximate surface area is 228 Å². The third-order valence-corrected chi connectivity index (χ3v) is 6.57. The Bertz CT molecular complexity index is 1170. The molecule has 0 radical (unpaired) electrons. The molecule has 0 bridgehead atoms. The second-order valence-corrected chi connectivity index (χ2v) is 10.1. The highest BCUT2D eigenvalue weighted by molar-refractivity contribution is 9.10. The zero-order chi connectivity index (χ0) is 26.8. The van der Waals surface area contributed by atoms with E-state index < -0.39 is 6.04 Å². The molecule has 0 unspecified atom stereocenters. The molecule has 196 valence electrons. The van der Waals surface area contributed by atoms with Crippen LogP contribution in [0, 0.1) is 0 Å². The van der Waals surface area contributed by atoms with Crippen LogP contribution in [0.5, 0.6) is 11.5 Å². The molecule has 0 aliphatic carbocycles. The smallest absolute Gasteiger partial charge is 0.243 e. The van der Waals surface area contributed by atoms with E-state index in [1.165, 1.54) is 0 Å². The summed E-state index contributed by atoms with van der Waals surface area (Å²) in [6.45, 7) is 4.19. The van der Waals surface area contributed by atoms with Crippen molar-refractivity contribution in [1.29, 1.82) is 0 Å². The Morgan fingerprint density at radius 2 is 1.51 bits per heavy atom. The molecule has 0 aliphatic rings. The van der Waals surface area contributed by atoms with Crippen LogP contribution in [-0.4, -0.2) is 43.0 Å². The zero-order valence-electron chi connectivity index (χ0n) is 21.9. The number of carbonyl (C=O) groups excluding carboxylic acids is 2. The number of rotatable bonds is 12. The molecule has 0 spiro atoms. The average molecular weight is 568 g/mol. The van der Waals surface area contributed by atoms with Crippen molar-refractivity contribution in [3.05, 3.63) is 94.0 Å². The molecule has 37 heavy (non-hydrogen) atoms. The predicted molar refractivity (Wildman–Crippen MR) is 150 cm³/mol. The van der Waals surface area contributed by atoms with Gasteiger partial charge in [-0.05, 0) is 61.2 Å². The number of aryl methyl sites for hydroxylation is 1. The molecule has 0 fully saturated rings. The van der Waals surface area contributed by atoms with Crippen molar-refractivity contribution in [2.45, 2.75) is 51.7 Å². The fourth-order valence-electron chi connectivity index (χ4n) is 4.15. The van der Waals surface area contributed by atoms with Crippen LogP contribution in [0.2, 0.25) is 0 Å². The second kappa shape index (κ2) is 13.8. The Kier molecular flexibility index (Phi) is 10.6. The molecule has 3 rings (SSSR count). The van der Waals surface area contributed by atoms with Crippen LogP contribution < -0.4 is 14.8 Å². The standard InChI is InChI=1S/C30H35BrN2O4/c1-21(2)32-30(35)26(18-22-8-6-5-7-9-22)33(20-24-10-14-25(31)15-11-24)29(34)17-13-23-12-16-27(36-3)28(19-23)37-4/h5-12,14-16,19,21,26H,13,17-18,20H2,1-4H3,(H,32,35)/t26-/m0/s1. The molecule has 6 nitrogen and oxygen atoms in total. The van der Waals surface area contributed by atoms with Crippen molar-refractivity contribution in [2.75, 3.05) is 14.2 Å². The van der Waals surface area contributed by atoms with E-state index in [-0.39, 0.29) is 24.3 Å². The summed E-state index contributed by atoms with van der Waals surface area (Å²) in [6.07, 6.45) is 1.20. The van der Waals surface area contributed by atoms with Gasteiger partial charge >= 0.3 is 0 Å². The summed E-state index contributed by atoms with van der Waals surface area (Å²) in [6, 6.07) is 22.6. The molecule has 3 aromatic rings. The van der Waals surface area contributed by atoms with Gasteiger partial charge in [-0.1, -0.05) is 64.5 Å². The third-order valence-electron chi connectivity index (χ3n) is 6.04. The van der Waals surface area contributed by atoms with Gasteiger partial charge in [0.15, 0.2) is 11.5 Å². The van der Waals surface area contributed by atoms with Gasteiger partial charge in [-0.15, -0.1) is 0 Å². The second-order valence-electron chi connectivity index (χ2n) is 9.21. The van der Waals surface area contributed by atoms with Crippen LogP contribution in [-0.2, 0) is 29.0 Å². The first-order valence-corrected chi connectivity index (χ1v) is 13.2. The van der Waals surface area contributed by atoms with Gasteiger partial charge in [-0.25, -0.2) is 0 Å². The van der Waals surface area contributed by atoms with E-state index in [0.29, 0.717) is 30.9 Å². The maximum absolute atomic E-state index is 13.8. The van der Waals surface area contributed by atoms with Crippen molar-refractivity contribution in [3.8, 4) is 11.5 Å². The number of nitrogens with zero attached hydrogens (tertiary/aromatic N) is 1. The van der Waals surface area contributed by atoms with Gasteiger partial charge < -0.3 is 19.7 Å². The molecule has 3 aromatic carbocycles. The lowest BCUT2D eigenvalue weighted by Gasteiger charge is -2.32. The van der Waals surface area contributed by atoms with Crippen molar-refractivity contribution in [1.82, 2.24) is 10.2 Å². The number of carbonyl (C=O) groups is 2. The first-order chi connectivity index (χ1) is 17.8. The van der Waals surface area contributed by atoms with E-state index in [4.69, 9.17) is 9.47 Å². The molecular formula is C30H35BrN2O4. The van der Waals surface area contributed by atoms with E-state index >= 15 is 0 Å². The number of ether oxygens (including phenoxy) is 2. The van der Waals surface area contributed by atoms with Crippen molar-refractivity contribution in [2.24, 2.45) is 0 Å². The predicted octanol–water partition coefficient (Wildman–Crippen LogP) is 5.56. The van der Waals surface area contributed by atoms with Crippen molar-refractivity contribution >= 4 is 27.7 Å². The molecule has 0 saturated carbocycles. The van der Waals surface area contributed by atoms with Crippen LogP contribution in [0.3, 0.4) is 0 Å². The van der Waals surface area contributed by atoms with Gasteiger partial charge in [0.2, 0.25) is 11.8 Å². The summed E-state index contributed by atoms with van der Waals surface area (Å²) in [4.78, 5) is 28.9. The number of hydrogen-bond acceptors (Lipinski definition) is 4. The van der Waals surface area contributed by atoms with E-state index in [1.54, 1.807) is 19.1 Å². The maximum Gasteiger partial charge on any atom is 0.243 e. The summed E-state index contributed by atoms with van der Waals surface area (Å²) in [5.74, 6) is 1.02. The van der Waals surface area contributed by atoms with Gasteiger partial charge in [0.25, 0.3) is 0 Å². The summed E-state index contributed by atoms with van der Waals surface area (Å²) < 4.78 is 11.7. The van der Waals surface area contributed by atoms with E-state index in [0.717, 1.165) is 21.2 Å². The first-order valence-electron chi connectivity index (χ1n) is 12.4. The van der Waals surface area contributed by atoms with Gasteiger partial charge in [0, 0.05) is 29.9 Å². The summed E-state index contributed by atoms with van der Waals surface area (Å²) in [5.41, 5.74) is 2.92. The normalized spacial score (nSPS) is 11.6. The van der Waals surface area contributed by atoms with E-state index in [1.807, 2.05) is 86.6 Å². The highest BCUT2D eigenvalue weighted by Crippen LogP contribution is 2.28. The minimum atomic E-state index is -0.647. The molecular weight excluding hydrogens is 532 g/mol. The minimum absolute atomic E-state index is 0.0397. The average Bonchev–Trinajstić information content (AvgIpc) is 2.90. The Balaban J connectivity index is 1.90. The fraction of sp³-hybridized carbons (Fsp3) is 0.333. The highest BCUT2D eigenvalue weighted by atomic mass is 79.9. The molecule has 0 heterocycles. The number of amides is 2. The fourth-order valence-corrected chi connectivity index (χ4v) is 4.42. The van der Waals surface area contributed by atoms with Crippen LogP contribution in [0.4, 0.5) is 0 Å². The number of benzene rings is 3. The van der Waals surface area contributed by atoms with Gasteiger partial charge in [0.1, 0.15) is 6.04 Å². The van der Waals surface area contributed by atoms with Crippen LogP contribution in [0.1, 0.15) is 37.0 Å². The van der Waals surface area contributed by atoms with Gasteiger partial charge in [-0.3, -0.25) is 9.59 Å². The molecule has 2 amide bonds. The molecule has 1 N–H and O–H groups in total. The zero-order valence-corrected chi connectivity index (χ0v) is 23.5. The van der Waals surface area contributed by atoms with Crippen LogP contribution in [0.15, 0.2) is 77.3 Å². The Morgan fingerprint density at radius 1 is 0.865 bits per heavy atom. The van der Waals surface area contributed by atoms with Gasteiger partial charge in [0.05, 0.1) is 14.2 Å². The molecule has 0 aromatic heterocycles. The molecule has 7 heteroatoms. The summed E-state index contributed by atoms with van der Waals surface area (Å²) in [7, 11) is 3.18. The van der Waals surface area contributed by atoms with Crippen molar-refractivity contribution in [3.63, 3.8) is 0 Å². The van der Waals surface area contributed by atoms with Crippen LogP contribution in [0.25, 0.3) is 0 Å². The highest BCUT2D eigenvalue weighted by Gasteiger charge is 2.30. The molecule has 0 saturated heterocycles. The van der Waals surface area contributed by atoms with Crippen molar-refractivity contribution < 1.29 is 19.1 Å². The lowest BCUT2D eigenvalue weighted by atomic mass is 10.0. The van der Waals surface area contributed by atoms with E-state index in [2.05, 4.69) is 21.2 Å². The monoisotopic (exact) mass is 566 g/mol. The maximum atomic E-state index is 13.8. The molecule has 0 aliphatic heterocycles.